The van der Waals surface area contributed by atoms with Crippen LogP contribution in [-0.4, -0.2) is 26.0 Å². The van der Waals surface area contributed by atoms with Crippen molar-refractivity contribution in [3.8, 4) is 11.8 Å². The van der Waals surface area contributed by atoms with Gasteiger partial charge in [-0.25, -0.2) is 14.8 Å². The Bertz CT molecular complexity index is 484. The van der Waals surface area contributed by atoms with Crippen molar-refractivity contribution in [2.24, 2.45) is 0 Å². The second-order valence-electron chi connectivity index (χ2n) is 2.85. The lowest BCUT2D eigenvalue weighted by atomic mass is 10.4. The Kier molecular flexibility index (Phi) is 2.73. The van der Waals surface area contributed by atoms with Gasteiger partial charge < -0.3 is 9.84 Å². The van der Waals surface area contributed by atoms with Gasteiger partial charge in [-0.05, 0) is 12.1 Å². The lowest BCUT2D eigenvalue weighted by Crippen LogP contribution is -1.99. The number of nitrogens with zero attached hydrogens (tertiary/aromatic N) is 3. The van der Waals surface area contributed by atoms with Gasteiger partial charge in [-0.3, -0.25) is 4.98 Å². The molecule has 0 aliphatic heterocycles. The first-order valence-corrected chi connectivity index (χ1v) is 4.39. The Morgan fingerprint density at radius 1 is 1.25 bits per heavy atom. The normalized spacial score (nSPS) is 9.75. The van der Waals surface area contributed by atoms with Gasteiger partial charge in [0.2, 0.25) is 0 Å². The zero-order valence-corrected chi connectivity index (χ0v) is 8.07. The third-order valence-electron chi connectivity index (χ3n) is 1.72. The fourth-order valence-electron chi connectivity index (χ4n) is 0.992. The monoisotopic (exact) mass is 217 g/mol. The van der Waals surface area contributed by atoms with E-state index in [1.165, 1.54) is 18.6 Å². The molecule has 0 saturated heterocycles. The van der Waals surface area contributed by atoms with E-state index in [1.807, 2.05) is 0 Å². The van der Waals surface area contributed by atoms with Crippen molar-refractivity contribution >= 4 is 5.97 Å². The van der Waals surface area contributed by atoms with Crippen LogP contribution in [-0.2, 0) is 0 Å². The first-order chi connectivity index (χ1) is 7.75. The van der Waals surface area contributed by atoms with Crippen molar-refractivity contribution in [1.82, 2.24) is 15.0 Å². The predicted molar refractivity (Wildman–Crippen MR) is 53.3 cm³/mol. The summed E-state index contributed by atoms with van der Waals surface area (Å²) in [7, 11) is 0. The Labute approximate surface area is 90.6 Å². The highest BCUT2D eigenvalue weighted by Crippen LogP contribution is 2.14. The number of rotatable bonds is 3. The third-order valence-corrected chi connectivity index (χ3v) is 1.72. The molecule has 2 rings (SSSR count). The average Bonchev–Trinajstić information content (AvgIpc) is 2.31. The van der Waals surface area contributed by atoms with Crippen molar-refractivity contribution in [3.05, 3.63) is 42.5 Å². The molecule has 0 spiro atoms. The predicted octanol–water partition coefficient (Wildman–Crippen LogP) is 1.36. The first kappa shape index (κ1) is 10.0. The molecule has 2 heterocycles. The van der Waals surface area contributed by atoms with E-state index in [1.54, 1.807) is 18.3 Å². The van der Waals surface area contributed by atoms with Crippen molar-refractivity contribution < 1.29 is 14.6 Å². The molecule has 0 unspecified atom stereocenters. The second-order valence-corrected chi connectivity index (χ2v) is 2.85. The van der Waals surface area contributed by atoms with E-state index in [0.29, 0.717) is 5.75 Å². The molecule has 0 fully saturated rings. The number of hydrogen-bond donors (Lipinski definition) is 1. The van der Waals surface area contributed by atoms with Gasteiger partial charge in [-0.1, -0.05) is 0 Å². The Balaban J connectivity index is 2.14. The highest BCUT2D eigenvalue weighted by atomic mass is 16.5. The van der Waals surface area contributed by atoms with Gasteiger partial charge in [0.05, 0.1) is 11.8 Å². The van der Waals surface area contributed by atoms with Gasteiger partial charge in [0.1, 0.15) is 5.75 Å². The van der Waals surface area contributed by atoms with E-state index in [-0.39, 0.29) is 11.6 Å². The summed E-state index contributed by atoms with van der Waals surface area (Å²) in [6.45, 7) is 0. The Morgan fingerprint density at radius 3 is 2.56 bits per heavy atom. The lowest BCUT2D eigenvalue weighted by molar-refractivity contribution is 0.0696. The summed E-state index contributed by atoms with van der Waals surface area (Å²) in [5.74, 6) is -0.585. The van der Waals surface area contributed by atoms with E-state index < -0.39 is 5.97 Å². The molecule has 0 aliphatic carbocycles. The quantitative estimate of drug-likeness (QED) is 0.835. The Hall–Kier alpha value is -2.50. The van der Waals surface area contributed by atoms with E-state index >= 15 is 0 Å². The van der Waals surface area contributed by atoms with Crippen LogP contribution in [0.3, 0.4) is 0 Å². The number of hydrogen-bond acceptors (Lipinski definition) is 5. The Morgan fingerprint density at radius 2 is 2.00 bits per heavy atom. The maximum atomic E-state index is 10.5. The standard InChI is InChI=1S/C10H7N3O3/c14-9(15)7-4-12-10(13-5-7)16-8-2-1-3-11-6-8/h1-6H,(H,14,15). The number of pyridine rings is 1. The average molecular weight is 217 g/mol. The van der Waals surface area contributed by atoms with Crippen LogP contribution in [0.25, 0.3) is 0 Å². The summed E-state index contributed by atoms with van der Waals surface area (Å²) in [5.41, 5.74) is 0.0125. The minimum atomic E-state index is -1.08. The number of aromatic nitrogens is 3. The fourth-order valence-corrected chi connectivity index (χ4v) is 0.992. The van der Waals surface area contributed by atoms with E-state index in [4.69, 9.17) is 9.84 Å². The minimum Gasteiger partial charge on any atom is -0.478 e. The summed E-state index contributed by atoms with van der Waals surface area (Å²) in [6, 6.07) is 3.49. The van der Waals surface area contributed by atoms with Crippen LogP contribution >= 0.6 is 0 Å². The lowest BCUT2D eigenvalue weighted by Gasteiger charge is -2.01. The molecule has 0 aromatic carbocycles. The molecule has 6 nitrogen and oxygen atoms in total. The first-order valence-electron chi connectivity index (χ1n) is 4.39. The van der Waals surface area contributed by atoms with Crippen LogP contribution in [0.1, 0.15) is 10.4 Å². The van der Waals surface area contributed by atoms with Crippen LogP contribution in [0.4, 0.5) is 0 Å². The van der Waals surface area contributed by atoms with Gasteiger partial charge >= 0.3 is 12.0 Å². The number of carboxylic acids is 1. The van der Waals surface area contributed by atoms with E-state index in [9.17, 15) is 4.79 Å². The third kappa shape index (κ3) is 2.30. The second kappa shape index (κ2) is 4.35. The zero-order valence-electron chi connectivity index (χ0n) is 8.07. The van der Waals surface area contributed by atoms with Crippen molar-refractivity contribution in [3.63, 3.8) is 0 Å². The van der Waals surface area contributed by atoms with Crippen LogP contribution in [0.5, 0.6) is 11.8 Å². The minimum absolute atomic E-state index is 0.0125. The summed E-state index contributed by atoms with van der Waals surface area (Å²) in [6.07, 6.45) is 5.48. The molecule has 0 atom stereocenters. The molecule has 6 heteroatoms. The van der Waals surface area contributed by atoms with Crippen molar-refractivity contribution in [1.29, 1.82) is 0 Å². The van der Waals surface area contributed by atoms with Crippen LogP contribution in [0.15, 0.2) is 36.9 Å². The van der Waals surface area contributed by atoms with Crippen LogP contribution < -0.4 is 4.74 Å². The smallest absolute Gasteiger partial charge is 0.338 e. The molecule has 0 radical (unpaired) electrons. The van der Waals surface area contributed by atoms with Crippen LogP contribution in [0.2, 0.25) is 0 Å². The van der Waals surface area contributed by atoms with E-state index in [2.05, 4.69) is 15.0 Å². The largest absolute Gasteiger partial charge is 0.478 e. The van der Waals surface area contributed by atoms with Gasteiger partial charge in [0.25, 0.3) is 0 Å². The van der Waals surface area contributed by atoms with E-state index in [0.717, 1.165) is 0 Å². The molecule has 0 aliphatic rings. The van der Waals surface area contributed by atoms with Gasteiger partial charge in [0, 0.05) is 18.6 Å². The molecule has 16 heavy (non-hydrogen) atoms. The highest BCUT2D eigenvalue weighted by molar-refractivity contribution is 5.86. The van der Waals surface area contributed by atoms with Gasteiger partial charge in [-0.15, -0.1) is 0 Å². The van der Waals surface area contributed by atoms with Crippen molar-refractivity contribution in [2.45, 2.75) is 0 Å². The van der Waals surface area contributed by atoms with Gasteiger partial charge in [0.15, 0.2) is 0 Å². The van der Waals surface area contributed by atoms with Gasteiger partial charge in [-0.2, -0.15) is 0 Å². The molecule has 0 saturated carbocycles. The molecule has 2 aromatic rings. The highest BCUT2D eigenvalue weighted by Gasteiger charge is 2.05. The molecule has 1 N–H and O–H groups in total. The topological polar surface area (TPSA) is 85.2 Å². The fraction of sp³-hybridized carbons (Fsp3) is 0. The number of ether oxygens (including phenoxy) is 1. The molecular weight excluding hydrogens is 210 g/mol. The molecule has 2 aromatic heterocycles. The number of carbonyl (C=O) groups is 1. The zero-order chi connectivity index (χ0) is 11.4. The molecular formula is C10H7N3O3. The molecule has 0 amide bonds. The summed E-state index contributed by atoms with van der Waals surface area (Å²) in [5, 5.41) is 8.63. The number of carboxylic acid groups (broad SMARTS) is 1. The van der Waals surface area contributed by atoms with Crippen LogP contribution in [0, 0.1) is 0 Å². The summed E-state index contributed by atoms with van der Waals surface area (Å²) >= 11 is 0. The summed E-state index contributed by atoms with van der Waals surface area (Å²) in [4.78, 5) is 21.9. The SMILES string of the molecule is O=C(O)c1cnc(Oc2cccnc2)nc1. The maximum Gasteiger partial charge on any atom is 0.338 e. The van der Waals surface area contributed by atoms with Crippen molar-refractivity contribution in [2.75, 3.05) is 0 Å². The molecule has 0 bridgehead atoms. The molecule has 80 valence electrons. The number of aromatic carboxylic acids is 1. The summed E-state index contributed by atoms with van der Waals surface area (Å²) < 4.78 is 5.24. The maximum absolute atomic E-state index is 10.5.